The second-order valence-electron chi connectivity index (χ2n) is 12.3. The second-order valence-corrected chi connectivity index (χ2v) is 14.6. The maximum atomic E-state index is 13.2. The van der Waals surface area contributed by atoms with E-state index < -0.39 is 23.3 Å². The number of likely N-dealkylation sites (tertiary alicyclic amines) is 1. The topological polar surface area (TPSA) is 94.5 Å². The Morgan fingerprint density at radius 3 is 2.30 bits per heavy atom. The fourth-order valence-corrected chi connectivity index (χ4v) is 7.76. The van der Waals surface area contributed by atoms with Crippen molar-refractivity contribution in [2.45, 2.75) is 70.9 Å². The lowest BCUT2D eigenvalue weighted by molar-refractivity contribution is -0.274. The van der Waals surface area contributed by atoms with E-state index in [-0.39, 0.29) is 38.9 Å². The Morgan fingerprint density at radius 1 is 1.09 bits per heavy atom. The van der Waals surface area contributed by atoms with Crippen LogP contribution in [0.25, 0.3) is 6.08 Å². The van der Waals surface area contributed by atoms with Crippen LogP contribution in [0.15, 0.2) is 40.7 Å². The molecular weight excluding hydrogens is 641 g/mol. The molecule has 0 saturated carbocycles. The normalized spacial score (nSPS) is 20.7. The third kappa shape index (κ3) is 7.51. The first-order chi connectivity index (χ1) is 21.6. The summed E-state index contributed by atoms with van der Waals surface area (Å²) in [6, 6.07) is 7.76. The molecule has 2 aromatic rings. The summed E-state index contributed by atoms with van der Waals surface area (Å²) >= 11 is 5.89. The molecule has 2 fully saturated rings. The van der Waals surface area contributed by atoms with E-state index in [4.69, 9.17) is 11.6 Å². The van der Waals surface area contributed by atoms with Gasteiger partial charge in [-0.25, -0.2) is 0 Å². The number of nitrogens with one attached hydrogen (secondary N) is 1. The van der Waals surface area contributed by atoms with Gasteiger partial charge in [-0.2, -0.15) is 0 Å². The molecule has 8 nitrogen and oxygen atoms in total. The van der Waals surface area contributed by atoms with Crippen molar-refractivity contribution < 1.29 is 32.6 Å². The predicted octanol–water partition coefficient (Wildman–Crippen LogP) is 6.23. The Bertz CT molecular complexity index is 1600. The molecule has 46 heavy (non-hydrogen) atoms. The van der Waals surface area contributed by atoms with Gasteiger partial charge >= 0.3 is 6.36 Å². The lowest BCUT2D eigenvalue weighted by Crippen LogP contribution is -2.47. The molecule has 3 heterocycles. The van der Waals surface area contributed by atoms with Gasteiger partial charge in [-0.05, 0) is 117 Å². The number of hydrogen-bond donors (Lipinski definition) is 2. The Morgan fingerprint density at radius 2 is 1.72 bits per heavy atom. The zero-order chi connectivity index (χ0) is 33.4. The molecule has 2 saturated heterocycles. The summed E-state index contributed by atoms with van der Waals surface area (Å²) in [5.41, 5.74) is 2.25. The quantitative estimate of drug-likeness (QED) is 0.354. The van der Waals surface area contributed by atoms with Crippen molar-refractivity contribution in [2.24, 2.45) is 4.99 Å². The highest BCUT2D eigenvalue weighted by molar-refractivity contribution is 8.15. The van der Waals surface area contributed by atoms with Gasteiger partial charge in [0.25, 0.3) is 11.8 Å². The number of amides is 2. The van der Waals surface area contributed by atoms with Crippen LogP contribution in [0.4, 0.5) is 13.2 Å². The number of halogens is 4. The molecular formula is C33H38ClF3N4O4S. The van der Waals surface area contributed by atoms with E-state index in [1.54, 1.807) is 4.90 Å². The SMILES string of the molecule is C/C=S(\C=C\c1c(C)cc(C(=O)N2CCC(C)(O)CC2)cc1C)N1CCC2(CC1)N=C(c1ccc(Cl)c(OC(F)(F)F)c1)NC2=O. The van der Waals surface area contributed by atoms with E-state index in [0.717, 1.165) is 22.8 Å². The molecule has 0 bridgehead atoms. The third-order valence-electron chi connectivity index (χ3n) is 8.84. The zero-order valence-corrected chi connectivity index (χ0v) is 27.8. The second kappa shape index (κ2) is 13.1. The fraction of sp³-hybridized carbons (Fsp3) is 0.455. The zero-order valence-electron chi connectivity index (χ0n) is 26.2. The number of carbonyl (C=O) groups excluding carboxylic acids is 2. The summed E-state index contributed by atoms with van der Waals surface area (Å²) in [5.74, 6) is -0.656. The van der Waals surface area contributed by atoms with Crippen LogP contribution >= 0.6 is 22.3 Å². The molecule has 248 valence electrons. The van der Waals surface area contributed by atoms with Crippen LogP contribution in [0.3, 0.4) is 0 Å². The Labute approximate surface area is 274 Å². The van der Waals surface area contributed by atoms with Crippen LogP contribution < -0.4 is 10.1 Å². The van der Waals surface area contributed by atoms with Crippen molar-refractivity contribution in [2.75, 3.05) is 26.2 Å². The average molecular weight is 679 g/mol. The first kappa shape index (κ1) is 34.2. The van der Waals surface area contributed by atoms with Crippen molar-refractivity contribution in [1.29, 1.82) is 0 Å². The number of ether oxygens (including phenoxy) is 1. The van der Waals surface area contributed by atoms with E-state index in [0.29, 0.717) is 57.4 Å². The van der Waals surface area contributed by atoms with Gasteiger partial charge in [0.15, 0.2) is 0 Å². The Kier molecular flexibility index (Phi) is 9.75. The van der Waals surface area contributed by atoms with Gasteiger partial charge in [0, 0.05) is 37.3 Å². The van der Waals surface area contributed by atoms with Crippen LogP contribution in [-0.4, -0.2) is 81.0 Å². The number of carbonyl (C=O) groups is 2. The van der Waals surface area contributed by atoms with Gasteiger partial charge in [0.05, 0.1) is 10.6 Å². The molecule has 0 radical (unpaired) electrons. The van der Waals surface area contributed by atoms with Crippen molar-refractivity contribution in [1.82, 2.24) is 14.5 Å². The van der Waals surface area contributed by atoms with Gasteiger partial charge in [0.2, 0.25) is 0 Å². The molecule has 5 rings (SSSR count). The summed E-state index contributed by atoms with van der Waals surface area (Å²) in [6.45, 7) is 10.1. The van der Waals surface area contributed by atoms with Crippen molar-refractivity contribution >= 4 is 51.4 Å². The number of amidine groups is 1. The van der Waals surface area contributed by atoms with Crippen molar-refractivity contribution in [3.63, 3.8) is 0 Å². The summed E-state index contributed by atoms with van der Waals surface area (Å²) in [4.78, 5) is 32.8. The van der Waals surface area contributed by atoms with Crippen LogP contribution in [0.5, 0.6) is 5.75 Å². The Hall–Kier alpha value is -3.19. The largest absolute Gasteiger partial charge is 0.573 e. The number of piperidine rings is 2. The predicted molar refractivity (Wildman–Crippen MR) is 176 cm³/mol. The van der Waals surface area contributed by atoms with Crippen LogP contribution in [-0.2, 0) is 4.79 Å². The van der Waals surface area contributed by atoms with Gasteiger partial charge < -0.3 is 20.1 Å². The number of benzene rings is 2. The molecule has 2 amide bonds. The lowest BCUT2D eigenvalue weighted by Gasteiger charge is -2.36. The minimum Gasteiger partial charge on any atom is -0.404 e. The summed E-state index contributed by atoms with van der Waals surface area (Å²) in [7, 11) is -0.338. The maximum absolute atomic E-state index is 13.2. The number of nitrogens with zero attached hydrogens (tertiary/aromatic N) is 3. The number of aliphatic hydroxyl groups is 1. The van der Waals surface area contributed by atoms with Gasteiger partial charge in [-0.3, -0.25) is 18.9 Å². The van der Waals surface area contributed by atoms with Gasteiger partial charge in [0.1, 0.15) is 17.1 Å². The van der Waals surface area contributed by atoms with E-state index >= 15 is 0 Å². The van der Waals surface area contributed by atoms with Gasteiger partial charge in [-0.15, -0.1) is 13.2 Å². The van der Waals surface area contributed by atoms with E-state index in [2.05, 4.69) is 36.2 Å². The molecule has 1 spiro atoms. The maximum Gasteiger partial charge on any atom is 0.573 e. The Balaban J connectivity index is 1.25. The highest BCUT2D eigenvalue weighted by Gasteiger charge is 2.46. The third-order valence-corrected chi connectivity index (χ3v) is 11.0. The molecule has 3 aliphatic rings. The smallest absolute Gasteiger partial charge is 0.404 e. The molecule has 0 aromatic heterocycles. The number of rotatable bonds is 6. The van der Waals surface area contributed by atoms with Gasteiger partial charge in [-0.1, -0.05) is 22.3 Å². The molecule has 2 N–H and O–H groups in total. The van der Waals surface area contributed by atoms with Crippen LogP contribution in [0.1, 0.15) is 72.1 Å². The summed E-state index contributed by atoms with van der Waals surface area (Å²) in [5, 5.41) is 17.0. The molecule has 1 atom stereocenters. The van der Waals surface area contributed by atoms with Crippen LogP contribution in [0.2, 0.25) is 5.02 Å². The van der Waals surface area contributed by atoms with E-state index in [1.165, 1.54) is 12.1 Å². The molecule has 0 aliphatic carbocycles. The minimum atomic E-state index is -4.91. The number of alkyl halides is 3. The van der Waals surface area contributed by atoms with E-state index in [1.807, 2.05) is 39.8 Å². The molecule has 1 unspecified atom stereocenters. The molecule has 3 aliphatic heterocycles. The summed E-state index contributed by atoms with van der Waals surface area (Å²) in [6.07, 6.45) is -0.789. The van der Waals surface area contributed by atoms with Crippen LogP contribution in [0, 0.1) is 13.8 Å². The highest BCUT2D eigenvalue weighted by Crippen LogP contribution is 2.37. The lowest BCUT2D eigenvalue weighted by atomic mass is 9.89. The fourth-order valence-electron chi connectivity index (χ4n) is 6.10. The molecule has 2 aromatic carbocycles. The number of hydrogen-bond acceptors (Lipinski definition) is 6. The van der Waals surface area contributed by atoms with Crippen molar-refractivity contribution in [3.8, 4) is 5.75 Å². The van der Waals surface area contributed by atoms with Crippen molar-refractivity contribution in [3.05, 3.63) is 68.6 Å². The molecule has 13 heteroatoms. The first-order valence-electron chi connectivity index (χ1n) is 15.1. The first-order valence-corrected chi connectivity index (χ1v) is 16.8. The monoisotopic (exact) mass is 678 g/mol. The number of aliphatic imine (C=N–C) groups is 1. The average Bonchev–Trinajstić information content (AvgIpc) is 3.30. The summed E-state index contributed by atoms with van der Waals surface area (Å²) < 4.78 is 44.8. The van der Waals surface area contributed by atoms with E-state index in [9.17, 15) is 27.9 Å². The highest BCUT2D eigenvalue weighted by atomic mass is 35.5. The minimum absolute atomic E-state index is 0.0194. The standard InChI is InChI=1S/C33H38ClF3N4O4S/c1-5-46(17-8-25-21(2)18-24(19-22(25)3)29(42)40-13-9-31(4,44)10-14-40)41-15-11-32(12-16-41)30(43)38-28(39-32)23-6-7-26(34)27(20-23)45-33(35,36)37/h5-8,17-20,44H,9-16H2,1-4H3,(H,38,39,43)/b17-8+. The number of aryl methyl sites for hydroxylation is 2.